The molecule has 1 aliphatic rings. The van der Waals surface area contributed by atoms with E-state index in [4.69, 9.17) is 5.73 Å². The monoisotopic (exact) mass is 222 g/mol. The van der Waals surface area contributed by atoms with Gasteiger partial charge in [0.2, 0.25) is 0 Å². The molecular formula is C12H18N2S. The van der Waals surface area contributed by atoms with Crippen molar-refractivity contribution < 1.29 is 0 Å². The lowest BCUT2D eigenvalue weighted by atomic mass is 10.1. The molecule has 0 aromatic heterocycles. The summed E-state index contributed by atoms with van der Waals surface area (Å²) in [7, 11) is 0. The zero-order valence-corrected chi connectivity index (χ0v) is 9.94. The van der Waals surface area contributed by atoms with Crippen LogP contribution < -0.4 is 11.1 Å². The van der Waals surface area contributed by atoms with Crippen LogP contribution in [0.1, 0.15) is 12.0 Å². The molecule has 1 unspecified atom stereocenters. The molecule has 1 aromatic carbocycles. The SMILES string of the molecule is Cc1cc(NCC2CCSC2)ccc1N. The van der Waals surface area contributed by atoms with Gasteiger partial charge in [-0.25, -0.2) is 0 Å². The number of anilines is 2. The maximum absolute atomic E-state index is 5.78. The summed E-state index contributed by atoms with van der Waals surface area (Å²) >= 11 is 2.06. The van der Waals surface area contributed by atoms with Crippen LogP contribution in [-0.4, -0.2) is 18.1 Å². The van der Waals surface area contributed by atoms with E-state index in [1.807, 2.05) is 13.0 Å². The third-order valence-corrected chi connectivity index (χ3v) is 4.12. The van der Waals surface area contributed by atoms with Gasteiger partial charge in [-0.15, -0.1) is 0 Å². The molecule has 1 aliphatic heterocycles. The number of benzene rings is 1. The van der Waals surface area contributed by atoms with Crippen molar-refractivity contribution in [3.05, 3.63) is 23.8 Å². The van der Waals surface area contributed by atoms with E-state index in [2.05, 4.69) is 29.2 Å². The summed E-state index contributed by atoms with van der Waals surface area (Å²) in [6.07, 6.45) is 1.35. The van der Waals surface area contributed by atoms with Crippen molar-refractivity contribution in [1.82, 2.24) is 0 Å². The predicted molar refractivity (Wildman–Crippen MR) is 69.5 cm³/mol. The van der Waals surface area contributed by atoms with Crippen LogP contribution >= 0.6 is 11.8 Å². The molecule has 1 atom stereocenters. The minimum Gasteiger partial charge on any atom is -0.399 e. The highest BCUT2D eigenvalue weighted by molar-refractivity contribution is 7.99. The molecule has 2 nitrogen and oxygen atoms in total. The van der Waals surface area contributed by atoms with Gasteiger partial charge in [-0.1, -0.05) is 0 Å². The molecule has 15 heavy (non-hydrogen) atoms. The Morgan fingerprint density at radius 1 is 1.53 bits per heavy atom. The molecule has 82 valence electrons. The van der Waals surface area contributed by atoms with E-state index >= 15 is 0 Å². The van der Waals surface area contributed by atoms with Gasteiger partial charge in [-0.3, -0.25) is 0 Å². The number of thioether (sulfide) groups is 1. The van der Waals surface area contributed by atoms with Crippen molar-refractivity contribution in [1.29, 1.82) is 0 Å². The molecule has 1 saturated heterocycles. The predicted octanol–water partition coefficient (Wildman–Crippen LogP) is 2.74. The first-order valence-corrected chi connectivity index (χ1v) is 6.59. The van der Waals surface area contributed by atoms with E-state index in [9.17, 15) is 0 Å². The minimum absolute atomic E-state index is 0.841. The van der Waals surface area contributed by atoms with Crippen LogP contribution in [0.3, 0.4) is 0 Å². The third-order valence-electron chi connectivity index (χ3n) is 2.89. The topological polar surface area (TPSA) is 38.0 Å². The zero-order chi connectivity index (χ0) is 10.7. The molecule has 1 fully saturated rings. The summed E-state index contributed by atoms with van der Waals surface area (Å²) < 4.78 is 0. The summed E-state index contributed by atoms with van der Waals surface area (Å²) in [5.41, 5.74) is 8.99. The van der Waals surface area contributed by atoms with Crippen LogP contribution in [0.15, 0.2) is 18.2 Å². The number of nitrogens with one attached hydrogen (secondary N) is 1. The lowest BCUT2D eigenvalue weighted by molar-refractivity contribution is 0.632. The number of hydrogen-bond donors (Lipinski definition) is 2. The summed E-state index contributed by atoms with van der Waals surface area (Å²) in [6, 6.07) is 6.16. The van der Waals surface area contributed by atoms with Gasteiger partial charge in [0.15, 0.2) is 0 Å². The van der Waals surface area contributed by atoms with Gasteiger partial charge in [0, 0.05) is 17.9 Å². The Hall–Kier alpha value is -0.830. The van der Waals surface area contributed by atoms with Gasteiger partial charge < -0.3 is 11.1 Å². The number of rotatable bonds is 3. The Kier molecular flexibility index (Phi) is 3.41. The number of nitrogen functional groups attached to an aromatic ring is 1. The molecule has 0 bridgehead atoms. The van der Waals surface area contributed by atoms with Crippen molar-refractivity contribution in [2.24, 2.45) is 5.92 Å². The van der Waals surface area contributed by atoms with Crippen molar-refractivity contribution in [3.8, 4) is 0 Å². The fourth-order valence-electron chi connectivity index (χ4n) is 1.79. The summed E-state index contributed by atoms with van der Waals surface area (Å²) in [5.74, 6) is 3.47. The van der Waals surface area contributed by atoms with Crippen LogP contribution in [0, 0.1) is 12.8 Å². The van der Waals surface area contributed by atoms with E-state index in [1.54, 1.807) is 0 Å². The molecule has 0 spiro atoms. The molecule has 0 radical (unpaired) electrons. The molecular weight excluding hydrogens is 204 g/mol. The molecule has 2 rings (SSSR count). The maximum Gasteiger partial charge on any atom is 0.0345 e. The van der Waals surface area contributed by atoms with Gasteiger partial charge in [0.1, 0.15) is 0 Å². The average Bonchev–Trinajstić information content (AvgIpc) is 2.73. The van der Waals surface area contributed by atoms with Crippen LogP contribution in [-0.2, 0) is 0 Å². The van der Waals surface area contributed by atoms with E-state index in [0.29, 0.717) is 0 Å². The van der Waals surface area contributed by atoms with Crippen LogP contribution in [0.2, 0.25) is 0 Å². The Balaban J connectivity index is 1.90. The van der Waals surface area contributed by atoms with E-state index < -0.39 is 0 Å². The van der Waals surface area contributed by atoms with Gasteiger partial charge in [-0.05, 0) is 54.5 Å². The standard InChI is InChI=1S/C12H18N2S/c1-9-6-11(2-3-12(9)13)14-7-10-4-5-15-8-10/h2-3,6,10,14H,4-5,7-8,13H2,1H3. The van der Waals surface area contributed by atoms with E-state index in [0.717, 1.165) is 23.7 Å². The lowest BCUT2D eigenvalue weighted by Crippen LogP contribution is -2.13. The van der Waals surface area contributed by atoms with Crippen molar-refractivity contribution >= 4 is 23.1 Å². The van der Waals surface area contributed by atoms with Gasteiger partial charge in [-0.2, -0.15) is 11.8 Å². The summed E-state index contributed by atoms with van der Waals surface area (Å²) in [4.78, 5) is 0. The second kappa shape index (κ2) is 4.79. The van der Waals surface area contributed by atoms with Gasteiger partial charge >= 0.3 is 0 Å². The van der Waals surface area contributed by atoms with E-state index in [-0.39, 0.29) is 0 Å². The first-order chi connectivity index (χ1) is 7.25. The Bertz CT molecular complexity index is 332. The maximum atomic E-state index is 5.78. The van der Waals surface area contributed by atoms with Crippen molar-refractivity contribution in [3.63, 3.8) is 0 Å². The molecule has 1 aromatic rings. The first kappa shape index (κ1) is 10.7. The molecule has 3 heteroatoms. The normalized spacial score (nSPS) is 20.5. The average molecular weight is 222 g/mol. The van der Waals surface area contributed by atoms with Crippen LogP contribution in [0.25, 0.3) is 0 Å². The number of aryl methyl sites for hydroxylation is 1. The highest BCUT2D eigenvalue weighted by Crippen LogP contribution is 2.24. The first-order valence-electron chi connectivity index (χ1n) is 5.43. The van der Waals surface area contributed by atoms with Crippen LogP contribution in [0.5, 0.6) is 0 Å². The smallest absolute Gasteiger partial charge is 0.0345 e. The summed E-state index contributed by atoms with van der Waals surface area (Å²) in [6.45, 7) is 3.14. The second-order valence-electron chi connectivity index (χ2n) is 4.18. The van der Waals surface area contributed by atoms with Crippen molar-refractivity contribution in [2.45, 2.75) is 13.3 Å². The third kappa shape index (κ3) is 2.81. The van der Waals surface area contributed by atoms with Crippen molar-refractivity contribution in [2.75, 3.05) is 29.1 Å². The Labute approximate surface area is 95.6 Å². The minimum atomic E-state index is 0.841. The van der Waals surface area contributed by atoms with Crippen LogP contribution in [0.4, 0.5) is 11.4 Å². The molecule has 0 aliphatic carbocycles. The largest absolute Gasteiger partial charge is 0.399 e. The lowest BCUT2D eigenvalue weighted by Gasteiger charge is -2.12. The molecule has 1 heterocycles. The highest BCUT2D eigenvalue weighted by atomic mass is 32.2. The number of nitrogens with two attached hydrogens (primary N) is 1. The Morgan fingerprint density at radius 3 is 3.07 bits per heavy atom. The van der Waals surface area contributed by atoms with E-state index in [1.165, 1.54) is 23.6 Å². The molecule has 0 saturated carbocycles. The zero-order valence-electron chi connectivity index (χ0n) is 9.12. The fraction of sp³-hybridized carbons (Fsp3) is 0.500. The Morgan fingerprint density at radius 2 is 2.40 bits per heavy atom. The molecule has 0 amide bonds. The van der Waals surface area contributed by atoms with Gasteiger partial charge in [0.05, 0.1) is 0 Å². The number of hydrogen-bond acceptors (Lipinski definition) is 3. The molecule has 3 N–H and O–H groups in total. The summed E-state index contributed by atoms with van der Waals surface area (Å²) in [5, 5.41) is 3.49. The fourth-order valence-corrected chi connectivity index (χ4v) is 3.08. The second-order valence-corrected chi connectivity index (χ2v) is 5.33. The quantitative estimate of drug-likeness (QED) is 0.772. The highest BCUT2D eigenvalue weighted by Gasteiger charge is 2.14. The van der Waals surface area contributed by atoms with Gasteiger partial charge in [0.25, 0.3) is 0 Å².